The van der Waals surface area contributed by atoms with E-state index >= 15 is 0 Å². The molecule has 0 N–H and O–H groups in total. The summed E-state index contributed by atoms with van der Waals surface area (Å²) in [5.74, 6) is 1.16. The van der Waals surface area contributed by atoms with Crippen molar-refractivity contribution < 1.29 is 38.0 Å². The molecule has 0 aliphatic carbocycles. The Labute approximate surface area is 270 Å². The Bertz CT molecular complexity index is 1820. The van der Waals surface area contributed by atoms with Crippen LogP contribution in [-0.2, 0) is 19.1 Å². The zero-order chi connectivity index (χ0) is 32.8. The van der Waals surface area contributed by atoms with E-state index in [1.54, 1.807) is 61.2 Å². The highest BCUT2D eigenvalue weighted by Gasteiger charge is 2.34. The van der Waals surface area contributed by atoms with Crippen molar-refractivity contribution in [2.24, 2.45) is 4.99 Å². The van der Waals surface area contributed by atoms with Crippen LogP contribution >= 0.6 is 11.3 Å². The van der Waals surface area contributed by atoms with E-state index in [0.717, 1.165) is 0 Å². The zero-order valence-corrected chi connectivity index (χ0v) is 27.3. The fourth-order valence-corrected chi connectivity index (χ4v) is 6.37. The summed E-state index contributed by atoms with van der Waals surface area (Å²) >= 11 is 1.21. The molecule has 1 atom stereocenters. The Hall–Kier alpha value is -4.62. The van der Waals surface area contributed by atoms with Gasteiger partial charge in [-0.05, 0) is 62.2 Å². The maximum absolute atomic E-state index is 14.1. The van der Waals surface area contributed by atoms with Gasteiger partial charge < -0.3 is 33.3 Å². The van der Waals surface area contributed by atoms with Crippen LogP contribution in [0.4, 0.5) is 0 Å². The second-order valence-corrected chi connectivity index (χ2v) is 11.3. The molecule has 12 nitrogen and oxygen atoms in total. The number of hydrogen-bond donors (Lipinski definition) is 0. The number of esters is 1. The molecule has 13 heteroatoms. The van der Waals surface area contributed by atoms with Gasteiger partial charge in [0.05, 0.1) is 62.5 Å². The maximum Gasteiger partial charge on any atom is 0.338 e. The summed E-state index contributed by atoms with van der Waals surface area (Å²) in [5.41, 5.74) is 1.71. The van der Waals surface area contributed by atoms with Crippen molar-refractivity contribution in [3.05, 3.63) is 78.5 Å². The lowest BCUT2D eigenvalue weighted by Crippen LogP contribution is -2.43. The van der Waals surface area contributed by atoms with Gasteiger partial charge in [0.1, 0.15) is 0 Å². The van der Waals surface area contributed by atoms with Crippen LogP contribution in [0.5, 0.6) is 23.0 Å². The molecule has 0 spiro atoms. The minimum atomic E-state index is -0.809. The molecule has 1 aromatic heterocycles. The number of amides is 1. The van der Waals surface area contributed by atoms with Gasteiger partial charge in [-0.2, -0.15) is 0 Å². The molecule has 2 aliphatic heterocycles. The number of aromatic nitrogens is 1. The average Bonchev–Trinajstić information content (AvgIpc) is 3.37. The Morgan fingerprint density at radius 2 is 1.72 bits per heavy atom. The molecular formula is C33H37N3O9S. The third kappa shape index (κ3) is 6.80. The van der Waals surface area contributed by atoms with Gasteiger partial charge in [0.15, 0.2) is 34.4 Å². The van der Waals surface area contributed by atoms with E-state index in [-0.39, 0.29) is 30.3 Å². The van der Waals surface area contributed by atoms with Gasteiger partial charge >= 0.3 is 5.97 Å². The van der Waals surface area contributed by atoms with E-state index < -0.39 is 12.0 Å². The Balaban J connectivity index is 1.53. The van der Waals surface area contributed by atoms with Crippen LogP contribution in [0.2, 0.25) is 0 Å². The first kappa shape index (κ1) is 32.8. The van der Waals surface area contributed by atoms with Gasteiger partial charge in [0, 0.05) is 13.1 Å². The van der Waals surface area contributed by atoms with Gasteiger partial charge in [0.2, 0.25) is 0 Å². The van der Waals surface area contributed by atoms with Crippen LogP contribution in [0.1, 0.15) is 37.9 Å². The summed E-state index contributed by atoms with van der Waals surface area (Å²) in [5, 5.41) is 0. The lowest BCUT2D eigenvalue weighted by atomic mass is 9.95. The predicted molar refractivity (Wildman–Crippen MR) is 170 cm³/mol. The third-order valence-corrected chi connectivity index (χ3v) is 8.50. The van der Waals surface area contributed by atoms with Gasteiger partial charge in [0.25, 0.3) is 11.5 Å². The number of carbonyl (C=O) groups is 2. The summed E-state index contributed by atoms with van der Waals surface area (Å²) in [7, 11) is 3.06. The zero-order valence-electron chi connectivity index (χ0n) is 26.5. The first-order valence-electron chi connectivity index (χ1n) is 15.0. The van der Waals surface area contributed by atoms with Crippen molar-refractivity contribution in [1.82, 2.24) is 9.47 Å². The number of morpholine rings is 1. The van der Waals surface area contributed by atoms with Crippen molar-refractivity contribution in [3.63, 3.8) is 0 Å². The molecule has 5 rings (SSSR count). The molecule has 1 fully saturated rings. The van der Waals surface area contributed by atoms with E-state index in [0.29, 0.717) is 82.1 Å². The van der Waals surface area contributed by atoms with E-state index in [1.165, 1.54) is 30.1 Å². The summed E-state index contributed by atoms with van der Waals surface area (Å²) in [6, 6.07) is 9.73. The number of hydrogen-bond acceptors (Lipinski definition) is 11. The highest BCUT2D eigenvalue weighted by atomic mass is 32.1. The smallest absolute Gasteiger partial charge is 0.338 e. The largest absolute Gasteiger partial charge is 0.493 e. The average molecular weight is 652 g/mol. The van der Waals surface area contributed by atoms with Crippen LogP contribution in [0, 0.1) is 0 Å². The maximum atomic E-state index is 14.1. The van der Waals surface area contributed by atoms with Crippen LogP contribution in [-0.4, -0.2) is 81.7 Å². The fraction of sp³-hybridized carbons (Fsp3) is 0.394. The van der Waals surface area contributed by atoms with Crippen LogP contribution in [0.3, 0.4) is 0 Å². The molecule has 2 aromatic carbocycles. The number of methoxy groups -OCH3 is 2. The number of carbonyl (C=O) groups excluding carboxylic acids is 2. The lowest BCUT2D eigenvalue weighted by molar-refractivity contribution is -0.139. The van der Waals surface area contributed by atoms with Crippen LogP contribution < -0.4 is 33.8 Å². The minimum Gasteiger partial charge on any atom is -0.493 e. The molecule has 0 radical (unpaired) electrons. The molecule has 3 heterocycles. The Morgan fingerprint density at radius 3 is 2.41 bits per heavy atom. The molecule has 0 unspecified atom stereocenters. The Kier molecular flexibility index (Phi) is 10.4. The number of thiazole rings is 1. The molecule has 1 amide bonds. The topological polar surface area (TPSA) is 127 Å². The summed E-state index contributed by atoms with van der Waals surface area (Å²) < 4.78 is 35.2. The summed E-state index contributed by atoms with van der Waals surface area (Å²) in [6.45, 7) is 7.80. The molecule has 0 bridgehead atoms. The highest BCUT2D eigenvalue weighted by Crippen LogP contribution is 2.36. The second-order valence-electron chi connectivity index (χ2n) is 10.3. The number of fused-ring (bicyclic) bond motifs is 1. The molecule has 1 saturated heterocycles. The van der Waals surface area contributed by atoms with E-state index in [1.807, 2.05) is 6.92 Å². The molecule has 2 aliphatic rings. The first-order valence-corrected chi connectivity index (χ1v) is 15.8. The van der Waals surface area contributed by atoms with E-state index in [4.69, 9.17) is 28.4 Å². The minimum absolute atomic E-state index is 0.127. The fourth-order valence-electron chi connectivity index (χ4n) is 5.33. The van der Waals surface area contributed by atoms with Gasteiger partial charge in [-0.15, -0.1) is 0 Å². The van der Waals surface area contributed by atoms with E-state index in [9.17, 15) is 14.4 Å². The number of nitrogens with zero attached hydrogens (tertiary/aromatic N) is 3. The van der Waals surface area contributed by atoms with E-state index in [2.05, 4.69) is 4.99 Å². The predicted octanol–water partition coefficient (Wildman–Crippen LogP) is 2.45. The van der Waals surface area contributed by atoms with Gasteiger partial charge in [-0.3, -0.25) is 14.2 Å². The van der Waals surface area contributed by atoms with Crippen molar-refractivity contribution in [2.75, 3.05) is 60.3 Å². The quantitative estimate of drug-likeness (QED) is 0.288. The molecule has 3 aromatic rings. The molecular weight excluding hydrogens is 614 g/mol. The third-order valence-electron chi connectivity index (χ3n) is 7.52. The number of ether oxygens (including phenoxy) is 6. The second kappa shape index (κ2) is 14.6. The molecule has 244 valence electrons. The van der Waals surface area contributed by atoms with Crippen molar-refractivity contribution in [3.8, 4) is 23.0 Å². The standard InChI is InChI=1S/C33H37N3O9S/c1-6-43-26-16-21(8-10-24(26)45-19-28(37)35-12-14-42-15-13-35)17-27-31(38)36-30(22-9-11-23(40-4)25(18-22)41-5)29(32(39)44-7-2)20(3)34-33(36)46-27/h8-11,16-18,30H,6-7,12-15,19H2,1-5H3/b27-17+/t30-/m1/s1. The van der Waals surface area contributed by atoms with Crippen molar-refractivity contribution in [1.29, 1.82) is 0 Å². The van der Waals surface area contributed by atoms with Crippen LogP contribution in [0.25, 0.3) is 6.08 Å². The molecule has 46 heavy (non-hydrogen) atoms. The summed E-state index contributed by atoms with van der Waals surface area (Å²) in [4.78, 5) is 46.7. The first-order chi connectivity index (χ1) is 22.3. The Morgan fingerprint density at radius 1 is 0.978 bits per heavy atom. The number of benzene rings is 2. The summed E-state index contributed by atoms with van der Waals surface area (Å²) in [6.07, 6.45) is 1.74. The van der Waals surface area contributed by atoms with Crippen molar-refractivity contribution >= 4 is 29.3 Å². The van der Waals surface area contributed by atoms with Gasteiger partial charge in [-0.25, -0.2) is 9.79 Å². The lowest BCUT2D eigenvalue weighted by Gasteiger charge is -2.26. The highest BCUT2D eigenvalue weighted by molar-refractivity contribution is 7.07. The SMILES string of the molecule is CCOC(=O)C1=C(C)N=c2s/c(=C/c3ccc(OCC(=O)N4CCOCC4)c(OCC)c3)c(=O)n2[C@@H]1c1ccc(OC)c(OC)c1. The van der Waals surface area contributed by atoms with Crippen LogP contribution in [0.15, 0.2) is 57.5 Å². The van der Waals surface area contributed by atoms with Crippen molar-refractivity contribution in [2.45, 2.75) is 26.8 Å². The van der Waals surface area contributed by atoms with Gasteiger partial charge in [-0.1, -0.05) is 23.5 Å². The number of rotatable bonds is 11. The monoisotopic (exact) mass is 651 g/mol. The molecule has 0 saturated carbocycles. The normalized spacial score (nSPS) is 16.4. The number of allylic oxidation sites excluding steroid dienone is 1.